The Labute approximate surface area is 148 Å². The summed E-state index contributed by atoms with van der Waals surface area (Å²) >= 11 is 0. The van der Waals surface area contributed by atoms with Gasteiger partial charge in [-0.05, 0) is 30.5 Å². The van der Waals surface area contributed by atoms with E-state index >= 15 is 0 Å². The molecular formula is C19H26O6. The van der Waals surface area contributed by atoms with Gasteiger partial charge in [0.25, 0.3) is 0 Å². The van der Waals surface area contributed by atoms with Crippen LogP contribution in [0.5, 0.6) is 5.75 Å². The molecule has 0 fully saturated rings. The monoisotopic (exact) mass is 350 g/mol. The second-order valence-electron chi connectivity index (χ2n) is 5.26. The van der Waals surface area contributed by atoms with E-state index in [0.29, 0.717) is 24.2 Å². The Morgan fingerprint density at radius 1 is 1.32 bits per heavy atom. The Morgan fingerprint density at radius 2 is 2.04 bits per heavy atom. The Bertz CT molecular complexity index is 537. The van der Waals surface area contributed by atoms with Crippen LogP contribution in [0.1, 0.15) is 24.5 Å². The minimum atomic E-state index is -0.794. The highest BCUT2D eigenvalue weighted by atomic mass is 16.5. The first-order valence-electron chi connectivity index (χ1n) is 8.11. The minimum Gasteiger partial charge on any atom is -0.491 e. The molecule has 1 aromatic carbocycles. The number of hydrogen-bond acceptors (Lipinski definition) is 6. The van der Waals surface area contributed by atoms with Crippen molar-refractivity contribution in [3.05, 3.63) is 54.6 Å². The van der Waals surface area contributed by atoms with Gasteiger partial charge in [0, 0.05) is 13.2 Å². The number of carbonyl (C=O) groups excluding carboxylic acids is 1. The molecule has 6 nitrogen and oxygen atoms in total. The largest absolute Gasteiger partial charge is 0.491 e. The standard InChI is InChI=1S/C19H26O6/c1-3-13-25-18(21)7-5-4-6-17(23-2)19(22)15-8-10-16(11-9-15)24-14-12-20/h3,5,7-11,17,19-20,22H,1,4,6,12-14H2,2H3/b7-5+/t17-,19-/m1/s1. The van der Waals surface area contributed by atoms with Gasteiger partial charge in [0.05, 0.1) is 12.7 Å². The molecule has 138 valence electrons. The molecule has 0 aromatic heterocycles. The van der Waals surface area contributed by atoms with Crippen LogP contribution in [0.4, 0.5) is 0 Å². The van der Waals surface area contributed by atoms with Crippen molar-refractivity contribution < 1.29 is 29.2 Å². The highest BCUT2D eigenvalue weighted by molar-refractivity contribution is 5.81. The first-order valence-corrected chi connectivity index (χ1v) is 8.11. The fourth-order valence-corrected chi connectivity index (χ4v) is 2.17. The summed E-state index contributed by atoms with van der Waals surface area (Å²) in [5.41, 5.74) is 0.706. The number of esters is 1. The molecule has 0 saturated heterocycles. The zero-order valence-corrected chi connectivity index (χ0v) is 14.5. The molecule has 0 heterocycles. The molecule has 0 spiro atoms. The van der Waals surface area contributed by atoms with Crippen LogP contribution in [-0.2, 0) is 14.3 Å². The first-order chi connectivity index (χ1) is 12.1. The molecule has 0 saturated carbocycles. The van der Waals surface area contributed by atoms with Crippen molar-refractivity contribution in [3.63, 3.8) is 0 Å². The summed E-state index contributed by atoms with van der Waals surface area (Å²) in [6.07, 6.45) is 4.47. The van der Waals surface area contributed by atoms with Crippen molar-refractivity contribution in [2.24, 2.45) is 0 Å². The molecular weight excluding hydrogens is 324 g/mol. The zero-order chi connectivity index (χ0) is 18.5. The predicted octanol–water partition coefficient (Wildman–Crippen LogP) is 2.17. The third kappa shape index (κ3) is 7.98. The Morgan fingerprint density at radius 3 is 2.64 bits per heavy atom. The van der Waals surface area contributed by atoms with E-state index < -0.39 is 18.2 Å². The van der Waals surface area contributed by atoms with Crippen molar-refractivity contribution in [1.82, 2.24) is 0 Å². The molecule has 0 aliphatic heterocycles. The lowest BCUT2D eigenvalue weighted by Gasteiger charge is -2.21. The van der Waals surface area contributed by atoms with E-state index in [0.717, 1.165) is 0 Å². The zero-order valence-electron chi connectivity index (χ0n) is 14.5. The van der Waals surface area contributed by atoms with Crippen molar-refractivity contribution in [2.45, 2.75) is 25.0 Å². The van der Waals surface area contributed by atoms with Gasteiger partial charge in [-0.1, -0.05) is 30.9 Å². The molecule has 0 aliphatic rings. The average molecular weight is 350 g/mol. The molecule has 0 radical (unpaired) electrons. The SMILES string of the molecule is C=CCOC(=O)/C=C/CC[C@@H](OC)[C@H](O)c1ccc(OCCO)cc1. The van der Waals surface area contributed by atoms with E-state index in [9.17, 15) is 9.90 Å². The summed E-state index contributed by atoms with van der Waals surface area (Å²) in [6, 6.07) is 6.98. The van der Waals surface area contributed by atoms with Gasteiger partial charge < -0.3 is 24.4 Å². The topological polar surface area (TPSA) is 85.2 Å². The van der Waals surface area contributed by atoms with Gasteiger partial charge >= 0.3 is 5.97 Å². The van der Waals surface area contributed by atoms with Gasteiger partial charge in [-0.15, -0.1) is 0 Å². The second kappa shape index (κ2) is 12.2. The van der Waals surface area contributed by atoms with E-state index in [-0.39, 0.29) is 19.8 Å². The van der Waals surface area contributed by atoms with E-state index in [4.69, 9.17) is 19.3 Å². The maximum Gasteiger partial charge on any atom is 0.330 e. The molecule has 1 aromatic rings. The van der Waals surface area contributed by atoms with Crippen LogP contribution in [0.3, 0.4) is 0 Å². The Hall–Kier alpha value is -2.15. The third-order valence-corrected chi connectivity index (χ3v) is 3.45. The van der Waals surface area contributed by atoms with Crippen LogP contribution in [0.15, 0.2) is 49.1 Å². The van der Waals surface area contributed by atoms with Gasteiger partial charge in [-0.3, -0.25) is 0 Å². The van der Waals surface area contributed by atoms with E-state index in [1.165, 1.54) is 19.3 Å². The van der Waals surface area contributed by atoms with Crippen molar-refractivity contribution >= 4 is 5.97 Å². The maximum atomic E-state index is 11.3. The van der Waals surface area contributed by atoms with Gasteiger partial charge in [-0.25, -0.2) is 4.79 Å². The number of hydrogen-bond donors (Lipinski definition) is 2. The number of aliphatic hydroxyl groups is 2. The van der Waals surface area contributed by atoms with Crippen molar-refractivity contribution in [2.75, 3.05) is 26.9 Å². The lowest BCUT2D eigenvalue weighted by molar-refractivity contribution is -0.136. The van der Waals surface area contributed by atoms with Crippen LogP contribution in [-0.4, -0.2) is 49.2 Å². The summed E-state index contributed by atoms with van der Waals surface area (Å²) in [6.45, 7) is 3.82. The van der Waals surface area contributed by atoms with Crippen LogP contribution in [0.2, 0.25) is 0 Å². The van der Waals surface area contributed by atoms with Crippen molar-refractivity contribution in [1.29, 1.82) is 0 Å². The predicted molar refractivity (Wildman–Crippen MR) is 94.3 cm³/mol. The minimum absolute atomic E-state index is 0.0508. The van der Waals surface area contributed by atoms with Gasteiger partial charge in [0.2, 0.25) is 0 Å². The molecule has 0 unspecified atom stereocenters. The molecule has 6 heteroatoms. The molecule has 0 amide bonds. The second-order valence-corrected chi connectivity index (χ2v) is 5.26. The molecule has 0 aliphatic carbocycles. The number of carbonyl (C=O) groups is 1. The number of ether oxygens (including phenoxy) is 3. The summed E-state index contributed by atoms with van der Waals surface area (Å²) < 4.78 is 15.5. The van der Waals surface area contributed by atoms with Crippen LogP contribution in [0, 0.1) is 0 Å². The van der Waals surface area contributed by atoms with E-state index in [1.807, 2.05) is 0 Å². The average Bonchev–Trinajstić information content (AvgIpc) is 2.64. The number of allylic oxidation sites excluding steroid dienone is 1. The Kier molecular flexibility index (Phi) is 10.2. The number of methoxy groups -OCH3 is 1. The van der Waals surface area contributed by atoms with E-state index in [2.05, 4.69) is 6.58 Å². The molecule has 0 bridgehead atoms. The fourth-order valence-electron chi connectivity index (χ4n) is 2.17. The molecule has 2 atom stereocenters. The quantitative estimate of drug-likeness (QED) is 0.341. The number of rotatable bonds is 12. The number of aliphatic hydroxyl groups excluding tert-OH is 2. The fraction of sp³-hybridized carbons (Fsp3) is 0.421. The summed E-state index contributed by atoms with van der Waals surface area (Å²) in [7, 11) is 1.54. The normalized spacial score (nSPS) is 13.4. The molecule has 1 rings (SSSR count). The molecule has 25 heavy (non-hydrogen) atoms. The third-order valence-electron chi connectivity index (χ3n) is 3.45. The lowest BCUT2D eigenvalue weighted by Crippen LogP contribution is -2.20. The van der Waals surface area contributed by atoms with Gasteiger partial charge in [-0.2, -0.15) is 0 Å². The van der Waals surface area contributed by atoms with Crippen LogP contribution < -0.4 is 4.74 Å². The van der Waals surface area contributed by atoms with Crippen LogP contribution >= 0.6 is 0 Å². The summed E-state index contributed by atoms with van der Waals surface area (Å²) in [4.78, 5) is 11.3. The lowest BCUT2D eigenvalue weighted by atomic mass is 10.0. The Balaban J connectivity index is 2.50. The number of benzene rings is 1. The first kappa shape index (κ1) is 20.9. The molecule has 2 N–H and O–H groups in total. The van der Waals surface area contributed by atoms with Crippen LogP contribution in [0.25, 0.3) is 0 Å². The van der Waals surface area contributed by atoms with Crippen molar-refractivity contribution in [3.8, 4) is 5.75 Å². The summed E-state index contributed by atoms with van der Waals surface area (Å²) in [5.74, 6) is 0.202. The maximum absolute atomic E-state index is 11.3. The highest BCUT2D eigenvalue weighted by Crippen LogP contribution is 2.24. The highest BCUT2D eigenvalue weighted by Gasteiger charge is 2.20. The summed E-state index contributed by atoms with van der Waals surface area (Å²) in [5, 5.41) is 19.2. The van der Waals surface area contributed by atoms with Gasteiger partial charge in [0.15, 0.2) is 0 Å². The van der Waals surface area contributed by atoms with Gasteiger partial charge in [0.1, 0.15) is 25.1 Å². The smallest absolute Gasteiger partial charge is 0.330 e. The van der Waals surface area contributed by atoms with E-state index in [1.54, 1.807) is 30.3 Å².